The maximum Gasteiger partial charge on any atom is 0.225 e. The third kappa shape index (κ3) is 3.90. The predicted molar refractivity (Wildman–Crippen MR) is 92.6 cm³/mol. The van der Waals surface area contributed by atoms with Crippen LogP contribution in [0.4, 0.5) is 4.39 Å². The molecule has 5 nitrogen and oxygen atoms in total. The summed E-state index contributed by atoms with van der Waals surface area (Å²) in [5.41, 5.74) is 3.67. The zero-order valence-corrected chi connectivity index (χ0v) is 14.9. The summed E-state index contributed by atoms with van der Waals surface area (Å²) in [5.74, 6) is -0.369. The maximum absolute atomic E-state index is 13.2. The van der Waals surface area contributed by atoms with Gasteiger partial charge in [0.2, 0.25) is 5.91 Å². The molecular formula is C19H24FN3O2. The van der Waals surface area contributed by atoms with E-state index in [2.05, 4.69) is 10.4 Å². The molecule has 1 aromatic carbocycles. The van der Waals surface area contributed by atoms with Crippen molar-refractivity contribution >= 4 is 5.91 Å². The van der Waals surface area contributed by atoms with Crippen molar-refractivity contribution in [3.8, 4) is 0 Å². The topological polar surface area (TPSA) is 56.2 Å². The van der Waals surface area contributed by atoms with Gasteiger partial charge in [-0.25, -0.2) is 4.39 Å². The molecule has 2 atom stereocenters. The van der Waals surface area contributed by atoms with Gasteiger partial charge in [0.15, 0.2) is 0 Å². The lowest BCUT2D eigenvalue weighted by Crippen LogP contribution is -2.37. The lowest BCUT2D eigenvalue weighted by Gasteiger charge is -2.25. The van der Waals surface area contributed by atoms with Gasteiger partial charge in [0, 0.05) is 24.9 Å². The molecule has 0 bridgehead atoms. The second-order valence-corrected chi connectivity index (χ2v) is 6.60. The Balaban J connectivity index is 1.77. The highest BCUT2D eigenvalue weighted by Gasteiger charge is 2.29. The minimum atomic E-state index is -0.289. The van der Waals surface area contributed by atoms with E-state index in [0.29, 0.717) is 6.61 Å². The van der Waals surface area contributed by atoms with Crippen LogP contribution in [0.2, 0.25) is 0 Å². The highest BCUT2D eigenvalue weighted by Crippen LogP contribution is 2.27. The Hall–Kier alpha value is -2.21. The molecule has 0 aliphatic carbocycles. The minimum absolute atomic E-state index is 0.0782. The number of hydrogen-bond acceptors (Lipinski definition) is 3. The number of aryl methyl sites for hydroxylation is 2. The van der Waals surface area contributed by atoms with Crippen LogP contribution in [0.5, 0.6) is 0 Å². The second kappa shape index (κ2) is 7.35. The molecule has 1 aromatic heterocycles. The van der Waals surface area contributed by atoms with Crippen LogP contribution in [0.15, 0.2) is 24.3 Å². The minimum Gasteiger partial charge on any atom is -0.376 e. The van der Waals surface area contributed by atoms with E-state index < -0.39 is 0 Å². The molecule has 0 spiro atoms. The van der Waals surface area contributed by atoms with Crippen LogP contribution in [-0.4, -0.2) is 28.4 Å². The molecule has 2 unspecified atom stereocenters. The summed E-state index contributed by atoms with van der Waals surface area (Å²) < 4.78 is 20.8. The number of aromatic nitrogens is 2. The van der Waals surface area contributed by atoms with Gasteiger partial charge in [0.05, 0.1) is 24.3 Å². The lowest BCUT2D eigenvalue weighted by atomic mass is 9.98. The molecule has 1 aliphatic heterocycles. The quantitative estimate of drug-likeness (QED) is 0.907. The first-order chi connectivity index (χ1) is 12.0. The Morgan fingerprint density at radius 2 is 2.12 bits per heavy atom. The third-order valence-corrected chi connectivity index (χ3v) is 4.88. The molecule has 134 valence electrons. The van der Waals surface area contributed by atoms with Crippen LogP contribution in [-0.2, 0) is 23.0 Å². The fourth-order valence-electron chi connectivity index (χ4n) is 3.38. The van der Waals surface area contributed by atoms with Crippen LogP contribution in [0.3, 0.4) is 0 Å². The summed E-state index contributed by atoms with van der Waals surface area (Å²) in [6.45, 7) is 4.56. The molecule has 1 aliphatic rings. The number of carbonyl (C=O) groups is 1. The monoisotopic (exact) mass is 345 g/mol. The third-order valence-electron chi connectivity index (χ3n) is 4.88. The number of ether oxygens (including phenoxy) is 1. The average molecular weight is 345 g/mol. The Bertz CT molecular complexity index is 749. The van der Waals surface area contributed by atoms with Gasteiger partial charge in [-0.15, -0.1) is 0 Å². The molecule has 1 fully saturated rings. The van der Waals surface area contributed by atoms with Crippen LogP contribution in [0.1, 0.15) is 41.4 Å². The number of hydrogen-bond donors (Lipinski definition) is 1. The highest BCUT2D eigenvalue weighted by molar-refractivity contribution is 5.79. The van der Waals surface area contributed by atoms with Gasteiger partial charge < -0.3 is 10.1 Å². The molecule has 0 saturated carbocycles. The summed E-state index contributed by atoms with van der Waals surface area (Å²) >= 11 is 0. The van der Waals surface area contributed by atoms with Crippen molar-refractivity contribution in [3.05, 3.63) is 52.6 Å². The van der Waals surface area contributed by atoms with E-state index in [-0.39, 0.29) is 30.3 Å². The number of nitrogens with one attached hydrogen (secondary N) is 1. The molecular weight excluding hydrogens is 321 g/mol. The van der Waals surface area contributed by atoms with Gasteiger partial charge in [0.25, 0.3) is 0 Å². The largest absolute Gasteiger partial charge is 0.376 e. The van der Waals surface area contributed by atoms with Crippen LogP contribution < -0.4 is 5.32 Å². The fraction of sp³-hybridized carbons (Fsp3) is 0.474. The van der Waals surface area contributed by atoms with Crippen LogP contribution in [0, 0.1) is 19.7 Å². The van der Waals surface area contributed by atoms with Gasteiger partial charge in [-0.3, -0.25) is 9.48 Å². The summed E-state index contributed by atoms with van der Waals surface area (Å²) in [4.78, 5) is 12.7. The van der Waals surface area contributed by atoms with Crippen molar-refractivity contribution in [2.45, 2.75) is 45.3 Å². The van der Waals surface area contributed by atoms with Gasteiger partial charge in [-0.05, 0) is 44.4 Å². The SMILES string of the molecule is Cc1nn(C)c(C)c1CC(=O)NC(c1ccc(F)cc1)C1CCCO1. The zero-order chi connectivity index (χ0) is 18.0. The van der Waals surface area contributed by atoms with Gasteiger partial charge >= 0.3 is 0 Å². The van der Waals surface area contributed by atoms with E-state index in [4.69, 9.17) is 4.74 Å². The first-order valence-electron chi connectivity index (χ1n) is 8.61. The van der Waals surface area contributed by atoms with Crippen molar-refractivity contribution in [1.29, 1.82) is 0 Å². The van der Waals surface area contributed by atoms with E-state index in [0.717, 1.165) is 35.4 Å². The molecule has 1 amide bonds. The van der Waals surface area contributed by atoms with E-state index in [1.807, 2.05) is 20.9 Å². The fourth-order valence-corrected chi connectivity index (χ4v) is 3.38. The van der Waals surface area contributed by atoms with E-state index in [9.17, 15) is 9.18 Å². The predicted octanol–water partition coefficient (Wildman–Crippen LogP) is 2.76. The number of benzene rings is 1. The molecule has 6 heteroatoms. The Morgan fingerprint density at radius 3 is 2.68 bits per heavy atom. The zero-order valence-electron chi connectivity index (χ0n) is 14.9. The number of rotatable bonds is 5. The molecule has 1 N–H and O–H groups in total. The average Bonchev–Trinajstić information content (AvgIpc) is 3.19. The first-order valence-corrected chi connectivity index (χ1v) is 8.61. The van der Waals surface area contributed by atoms with Gasteiger partial charge in [-0.2, -0.15) is 5.10 Å². The second-order valence-electron chi connectivity index (χ2n) is 6.60. The van der Waals surface area contributed by atoms with E-state index in [1.54, 1.807) is 16.8 Å². The molecule has 2 aromatic rings. The highest BCUT2D eigenvalue weighted by atomic mass is 19.1. The lowest BCUT2D eigenvalue weighted by molar-refractivity contribution is -0.122. The number of nitrogens with zero attached hydrogens (tertiary/aromatic N) is 2. The first kappa shape index (κ1) is 17.6. The summed E-state index contributed by atoms with van der Waals surface area (Å²) in [6, 6.07) is 5.98. The van der Waals surface area contributed by atoms with Crippen molar-refractivity contribution in [3.63, 3.8) is 0 Å². The number of halogens is 1. The Labute approximate surface area is 147 Å². The standard InChI is InChI=1S/C19H24FN3O2/c1-12-16(13(2)23(3)22-12)11-18(24)21-19(17-5-4-10-25-17)14-6-8-15(20)9-7-14/h6-9,17,19H,4-5,10-11H2,1-3H3,(H,21,24). The van der Waals surface area contributed by atoms with Gasteiger partial charge in [0.1, 0.15) is 5.82 Å². The summed E-state index contributed by atoms with van der Waals surface area (Å²) in [5, 5.41) is 7.44. The number of carbonyl (C=O) groups excluding carboxylic acids is 1. The van der Waals surface area contributed by atoms with Gasteiger partial charge in [-0.1, -0.05) is 12.1 Å². The molecule has 25 heavy (non-hydrogen) atoms. The van der Waals surface area contributed by atoms with Crippen molar-refractivity contribution in [2.75, 3.05) is 6.61 Å². The molecule has 3 rings (SSSR count). The van der Waals surface area contributed by atoms with Crippen LogP contribution in [0.25, 0.3) is 0 Å². The number of amides is 1. The summed E-state index contributed by atoms with van der Waals surface area (Å²) in [6.07, 6.45) is 2.05. The molecule has 2 heterocycles. The van der Waals surface area contributed by atoms with E-state index >= 15 is 0 Å². The Morgan fingerprint density at radius 1 is 1.40 bits per heavy atom. The smallest absolute Gasteiger partial charge is 0.225 e. The molecule has 1 saturated heterocycles. The normalized spacial score (nSPS) is 18.3. The maximum atomic E-state index is 13.2. The summed E-state index contributed by atoms with van der Waals surface area (Å²) in [7, 11) is 1.87. The van der Waals surface area contributed by atoms with Crippen molar-refractivity contribution in [2.24, 2.45) is 7.05 Å². The van der Waals surface area contributed by atoms with Crippen LogP contribution >= 0.6 is 0 Å². The van der Waals surface area contributed by atoms with E-state index in [1.165, 1.54) is 12.1 Å². The molecule has 0 radical (unpaired) electrons. The Kier molecular flexibility index (Phi) is 5.18. The van der Waals surface area contributed by atoms with Crippen molar-refractivity contribution < 1.29 is 13.9 Å². The van der Waals surface area contributed by atoms with Crippen molar-refractivity contribution in [1.82, 2.24) is 15.1 Å².